The molecule has 0 radical (unpaired) electrons. The molecular weight excluding hydrogens is 543 g/mol. The van der Waals surface area contributed by atoms with Gasteiger partial charge in [-0.2, -0.15) is 19.8 Å². The van der Waals surface area contributed by atoms with Gasteiger partial charge in [0.05, 0.1) is 0 Å². The Bertz CT molecular complexity index is 16.3. The molecule has 0 rings (SSSR count). The molecule has 6 heteroatoms. The van der Waals surface area contributed by atoms with Gasteiger partial charge in [-0.05, 0) is 0 Å². The second-order valence-corrected chi connectivity index (χ2v) is 33.2. The van der Waals surface area contributed by atoms with Crippen LogP contribution in [0.3, 0.4) is 0 Å². The molecule has 0 aromatic heterocycles. The molecule has 0 bridgehead atoms. The zero-order valence-electron chi connectivity index (χ0n) is 2.88. The number of hydrogen-bond donors (Lipinski definition) is 0. The maximum absolute atomic E-state index is 5.41. The minimum atomic E-state index is -0.921. The molecule has 0 saturated carbocycles. The van der Waals surface area contributed by atoms with Crippen molar-refractivity contribution in [3.8, 4) is 0 Å². The van der Waals surface area contributed by atoms with Crippen LogP contribution in [0.1, 0.15) is 0 Å². The van der Waals surface area contributed by atoms with Crippen LogP contribution in [0.5, 0.6) is 0 Å². The summed E-state index contributed by atoms with van der Waals surface area (Å²) in [5.74, 6) is 0. The molecule has 0 aliphatic rings. The van der Waals surface area contributed by atoms with E-state index in [0.29, 0.717) is 0 Å². The van der Waals surface area contributed by atoms with Crippen molar-refractivity contribution in [1.82, 2.24) is 0 Å². The second kappa shape index (κ2) is 11.1. The van der Waals surface area contributed by atoms with Gasteiger partial charge in [0.2, 0.25) is 0 Å². The maximum atomic E-state index is 5.41. The van der Waals surface area contributed by atoms with Crippen LogP contribution in [0.2, 0.25) is 0 Å². The van der Waals surface area contributed by atoms with E-state index < -0.39 is 8.32 Å². The average molecular weight is 549 g/mol. The molecule has 2 atom stereocenters. The monoisotopic (exact) mass is 550 g/mol. The first kappa shape index (κ1) is 16.1. The summed E-state index contributed by atoms with van der Waals surface area (Å²) in [5.41, 5.74) is 0. The van der Waals surface area contributed by atoms with E-state index in [1.807, 2.05) is 0 Å². The molecule has 0 aromatic carbocycles. The summed E-state index contributed by atoms with van der Waals surface area (Å²) in [4.78, 5) is 0. The van der Waals surface area contributed by atoms with Gasteiger partial charge in [0.15, 0.2) is 0 Å². The summed E-state index contributed by atoms with van der Waals surface area (Å²) >= 11 is 4.52. The van der Waals surface area contributed by atoms with Crippen molar-refractivity contribution in [2.75, 3.05) is 0 Å². The van der Waals surface area contributed by atoms with Crippen molar-refractivity contribution in [2.45, 2.75) is 0 Å². The van der Waals surface area contributed by atoms with Crippen molar-refractivity contribution in [1.29, 1.82) is 0 Å². The molecule has 0 aliphatic carbocycles. The molecule has 2 unspecified atom stereocenters. The van der Waals surface area contributed by atoms with E-state index in [1.54, 1.807) is 0 Å². The Labute approximate surface area is 75.4 Å². The van der Waals surface area contributed by atoms with Crippen LogP contribution in [0.25, 0.3) is 0 Å². The van der Waals surface area contributed by atoms with Crippen LogP contribution in [-0.4, -0.2) is 0 Å². The topological polar surface area (TPSA) is 0 Å². The first-order valence-corrected chi connectivity index (χ1v) is 16.9. The summed E-state index contributed by atoms with van der Waals surface area (Å²) in [7, 11) is 4.49. The zero-order valence-corrected chi connectivity index (χ0v) is 13.2. The second-order valence-electron chi connectivity index (χ2n) is 0.143. The molecule has 0 saturated heterocycles. The summed E-state index contributed by atoms with van der Waals surface area (Å²) in [6.07, 6.45) is 0. The summed E-state index contributed by atoms with van der Waals surface area (Å²) in [6.45, 7) is 0. The van der Waals surface area contributed by atoms with E-state index in [0.717, 1.165) is 0 Å². The predicted octanol–water partition coefficient (Wildman–Crippen LogP) is 2.57. The minimum absolute atomic E-state index is 0. The van der Waals surface area contributed by atoms with Crippen LogP contribution in [0.15, 0.2) is 0 Å². The molecule has 0 heterocycles. The first-order valence-electron chi connectivity index (χ1n) is 0.378. The molecule has 0 N–H and O–H groups in total. The van der Waals surface area contributed by atoms with Gasteiger partial charge < -0.3 is 0 Å². The van der Waals surface area contributed by atoms with Gasteiger partial charge in [0.1, 0.15) is 0 Å². The first-order chi connectivity index (χ1) is 1.73. The van der Waals surface area contributed by atoms with Crippen LogP contribution in [0.4, 0.5) is 0 Å². The van der Waals surface area contributed by atoms with E-state index in [2.05, 4.69) is 39.2 Å². The van der Waals surface area contributed by atoms with Gasteiger partial charge in [-0.25, -0.2) is 0 Å². The molecule has 0 aromatic rings. The van der Waals surface area contributed by atoms with Gasteiger partial charge in [-0.3, -0.25) is 0 Å². The molecule has 0 spiro atoms. The fourth-order valence-electron chi connectivity index (χ4n) is 0. The fraction of sp³-hybridized carbons (Fsp3) is 0. The Morgan fingerprint density at radius 2 is 1.17 bits per heavy atom. The summed E-state index contributed by atoms with van der Waals surface area (Å²) in [5, 5.41) is 0. The third-order valence-electron chi connectivity index (χ3n) is 0. The molecule has 46 valence electrons. The Balaban J connectivity index is -0.0000000450. The molecule has 0 nitrogen and oxygen atoms in total. The van der Waals surface area contributed by atoms with Gasteiger partial charge in [0, 0.05) is 0 Å². The van der Waals surface area contributed by atoms with Crippen molar-refractivity contribution in [2.24, 2.45) is 0 Å². The van der Waals surface area contributed by atoms with Crippen LogP contribution in [0, 0.1) is 0 Å². The van der Waals surface area contributed by atoms with Gasteiger partial charge in [-0.1, -0.05) is 0 Å². The van der Waals surface area contributed by atoms with Crippen molar-refractivity contribution in [3.05, 3.63) is 0 Å². The Morgan fingerprint density at radius 1 is 1.17 bits per heavy atom. The molecule has 0 amide bonds. The van der Waals surface area contributed by atoms with Crippen molar-refractivity contribution >= 4 is 68.6 Å². The Hall–Kier alpha value is 3.26. The van der Waals surface area contributed by atoms with Crippen molar-refractivity contribution < 1.29 is 8.32 Å². The molecule has 6 heavy (non-hydrogen) atoms. The summed E-state index contributed by atoms with van der Waals surface area (Å²) in [6, 6.07) is 0. The van der Waals surface area contributed by atoms with E-state index in [-0.39, 0.29) is 19.8 Å². The Kier molecular flexibility index (Phi) is 29.9. The normalized spacial score (nSPS) is 7.50. The van der Waals surface area contributed by atoms with Crippen LogP contribution >= 0.6 is 68.6 Å². The van der Waals surface area contributed by atoms with Crippen molar-refractivity contribution in [3.63, 3.8) is 0 Å². The predicted molar refractivity (Wildman–Crippen MR) is 56.1 cm³/mol. The quantitative estimate of drug-likeness (QED) is 0.322. The summed E-state index contributed by atoms with van der Waals surface area (Å²) < 4.78 is 0. The standard InChI is InChI=1S/ClH.2HI.Ir.2H3P/h3*1H;;2*1H3/q;;;+3;;/p-3. The third-order valence-corrected chi connectivity index (χ3v) is 0. The van der Waals surface area contributed by atoms with Gasteiger partial charge in [0.25, 0.3) is 0 Å². The SMILES string of the molecule is P.P.[Cl][Ir]([I])[I]. The van der Waals surface area contributed by atoms with E-state index >= 15 is 0 Å². The van der Waals surface area contributed by atoms with Crippen LogP contribution in [-0.2, 0) is 8.32 Å². The molecular formula is H6ClI2IrP2. The number of hydrogen-bond acceptors (Lipinski definition) is 0. The average Bonchev–Trinajstić information content (AvgIpc) is 0.811. The third kappa shape index (κ3) is 26.8. The zero-order chi connectivity index (χ0) is 3.58. The van der Waals surface area contributed by atoms with E-state index in [1.165, 1.54) is 0 Å². The van der Waals surface area contributed by atoms with Crippen LogP contribution < -0.4 is 0 Å². The molecule has 0 fully saturated rings. The van der Waals surface area contributed by atoms with E-state index in [9.17, 15) is 0 Å². The Morgan fingerprint density at radius 3 is 1.17 bits per heavy atom. The number of rotatable bonds is 0. The van der Waals surface area contributed by atoms with Gasteiger partial charge in [-0.15, -0.1) is 0 Å². The molecule has 0 aliphatic heterocycles. The fourth-order valence-corrected chi connectivity index (χ4v) is 0. The number of halogens is 3. The van der Waals surface area contributed by atoms with E-state index in [4.69, 9.17) is 9.58 Å². The van der Waals surface area contributed by atoms with Gasteiger partial charge >= 0.3 is 57.1 Å².